The quantitative estimate of drug-likeness (QED) is 0.731. The molecule has 0 radical (unpaired) electrons. The van der Waals surface area contributed by atoms with E-state index in [1.807, 2.05) is 0 Å². The second kappa shape index (κ2) is 7.60. The molecular weight excluding hydrogens is 346 g/mol. The Balaban J connectivity index is 1.73. The van der Waals surface area contributed by atoms with E-state index in [4.69, 9.17) is 4.74 Å². The highest BCUT2D eigenvalue weighted by Gasteiger charge is 2.14. The highest BCUT2D eigenvalue weighted by Crippen LogP contribution is 2.29. The smallest absolute Gasteiger partial charge is 0.387 e. The van der Waals surface area contributed by atoms with Crippen LogP contribution < -0.4 is 14.8 Å². The van der Waals surface area contributed by atoms with Gasteiger partial charge in [-0.1, -0.05) is 0 Å². The van der Waals surface area contributed by atoms with Crippen LogP contribution in [0.1, 0.15) is 10.4 Å². The highest BCUT2D eigenvalue weighted by atomic mass is 19.3. The van der Waals surface area contributed by atoms with Crippen molar-refractivity contribution < 1.29 is 23.0 Å². The van der Waals surface area contributed by atoms with Crippen molar-refractivity contribution in [2.45, 2.75) is 6.61 Å². The summed E-state index contributed by atoms with van der Waals surface area (Å²) in [4.78, 5) is 16.2. The van der Waals surface area contributed by atoms with Crippen LogP contribution in [0.2, 0.25) is 0 Å². The Morgan fingerprint density at radius 2 is 1.92 bits per heavy atom. The van der Waals surface area contributed by atoms with E-state index in [1.165, 1.54) is 31.6 Å². The van der Waals surface area contributed by atoms with E-state index in [2.05, 4.69) is 20.1 Å². The molecule has 1 N–H and O–H groups in total. The van der Waals surface area contributed by atoms with E-state index in [0.717, 1.165) is 5.69 Å². The molecule has 7 nitrogen and oxygen atoms in total. The summed E-state index contributed by atoms with van der Waals surface area (Å²) in [6.07, 6.45) is 2.98. The molecule has 0 saturated heterocycles. The maximum atomic E-state index is 12.4. The number of carbonyl (C=O) groups excluding carboxylic acids is 1. The number of rotatable bonds is 6. The molecule has 0 aliphatic rings. The number of nitrogens with zero attached hydrogens (tertiary/aromatic N) is 3. The Morgan fingerprint density at radius 1 is 1.15 bits per heavy atom. The number of benzene rings is 2. The van der Waals surface area contributed by atoms with Crippen LogP contribution in [0.5, 0.6) is 11.5 Å². The van der Waals surface area contributed by atoms with E-state index >= 15 is 0 Å². The molecule has 26 heavy (non-hydrogen) atoms. The lowest BCUT2D eigenvalue weighted by Gasteiger charge is -2.12. The number of hydrogen-bond donors (Lipinski definition) is 1. The molecule has 0 fully saturated rings. The number of carbonyl (C=O) groups is 1. The monoisotopic (exact) mass is 360 g/mol. The van der Waals surface area contributed by atoms with E-state index in [0.29, 0.717) is 5.69 Å². The number of amides is 1. The van der Waals surface area contributed by atoms with Crippen molar-refractivity contribution in [1.29, 1.82) is 0 Å². The molecule has 3 rings (SSSR count). The van der Waals surface area contributed by atoms with Gasteiger partial charge in [0.15, 0.2) is 11.5 Å². The van der Waals surface area contributed by atoms with Gasteiger partial charge in [0.05, 0.1) is 12.8 Å². The lowest BCUT2D eigenvalue weighted by molar-refractivity contribution is -0.0512. The summed E-state index contributed by atoms with van der Waals surface area (Å²) in [6, 6.07) is 10.9. The van der Waals surface area contributed by atoms with Crippen LogP contribution in [0.4, 0.5) is 14.5 Å². The van der Waals surface area contributed by atoms with Gasteiger partial charge < -0.3 is 14.8 Å². The summed E-state index contributed by atoms with van der Waals surface area (Å²) in [5.74, 6) is -0.517. The van der Waals surface area contributed by atoms with Gasteiger partial charge in [0.25, 0.3) is 5.91 Å². The minimum atomic E-state index is -2.98. The van der Waals surface area contributed by atoms with Gasteiger partial charge in [-0.25, -0.2) is 9.67 Å². The molecule has 1 heterocycles. The van der Waals surface area contributed by atoms with Gasteiger partial charge in [-0.3, -0.25) is 4.79 Å². The maximum absolute atomic E-state index is 12.4. The van der Waals surface area contributed by atoms with Crippen molar-refractivity contribution in [2.24, 2.45) is 0 Å². The molecule has 134 valence electrons. The van der Waals surface area contributed by atoms with Gasteiger partial charge in [-0.05, 0) is 42.5 Å². The Labute approximate surface area is 147 Å². The molecule has 0 spiro atoms. The number of alkyl halides is 2. The van der Waals surface area contributed by atoms with Crippen LogP contribution in [-0.4, -0.2) is 34.4 Å². The zero-order chi connectivity index (χ0) is 18.5. The summed E-state index contributed by atoms with van der Waals surface area (Å²) < 4.78 is 35.6. The van der Waals surface area contributed by atoms with Crippen molar-refractivity contribution in [3.05, 3.63) is 60.7 Å². The summed E-state index contributed by atoms with van der Waals surface area (Å²) >= 11 is 0. The van der Waals surface area contributed by atoms with Gasteiger partial charge in [0.1, 0.15) is 12.7 Å². The largest absolute Gasteiger partial charge is 0.493 e. The Hall–Kier alpha value is -3.49. The average molecular weight is 360 g/mol. The second-order valence-corrected chi connectivity index (χ2v) is 5.09. The SMILES string of the molecule is COc1cc(C(=O)Nc2ccc(-n3cncn3)cc2)ccc1OC(F)F. The second-order valence-electron chi connectivity index (χ2n) is 5.09. The van der Waals surface area contributed by atoms with E-state index in [1.54, 1.807) is 35.3 Å². The Bertz CT molecular complexity index is 884. The third-order valence-corrected chi connectivity index (χ3v) is 3.45. The minimum absolute atomic E-state index is 0.0412. The van der Waals surface area contributed by atoms with Gasteiger partial charge in [-0.2, -0.15) is 13.9 Å². The van der Waals surface area contributed by atoms with E-state index in [9.17, 15) is 13.6 Å². The third kappa shape index (κ3) is 3.94. The predicted molar refractivity (Wildman–Crippen MR) is 88.9 cm³/mol. The number of aromatic nitrogens is 3. The number of anilines is 1. The molecule has 0 atom stereocenters. The number of halogens is 2. The average Bonchev–Trinajstić information content (AvgIpc) is 3.17. The lowest BCUT2D eigenvalue weighted by atomic mass is 10.1. The third-order valence-electron chi connectivity index (χ3n) is 3.45. The van der Waals surface area contributed by atoms with Crippen LogP contribution in [-0.2, 0) is 0 Å². The first-order chi connectivity index (χ1) is 12.6. The number of ether oxygens (including phenoxy) is 2. The first kappa shape index (κ1) is 17.3. The highest BCUT2D eigenvalue weighted by molar-refractivity contribution is 6.04. The Morgan fingerprint density at radius 3 is 2.54 bits per heavy atom. The maximum Gasteiger partial charge on any atom is 0.387 e. The molecule has 9 heteroatoms. The van der Waals surface area contributed by atoms with Crippen molar-refractivity contribution in [3.8, 4) is 17.2 Å². The molecule has 0 aliphatic carbocycles. The van der Waals surface area contributed by atoms with Crippen LogP contribution in [0.3, 0.4) is 0 Å². The molecule has 1 amide bonds. The normalized spacial score (nSPS) is 10.6. The number of nitrogens with one attached hydrogen (secondary N) is 1. The predicted octanol–water partition coefficient (Wildman–Crippen LogP) is 3.13. The standard InChI is InChI=1S/C17H14F2N4O3/c1-25-15-8-11(2-7-14(15)26-17(18)19)16(24)22-12-3-5-13(6-4-12)23-10-20-9-21-23/h2-10,17H,1H3,(H,22,24). The van der Waals surface area contributed by atoms with E-state index < -0.39 is 12.5 Å². The van der Waals surface area contributed by atoms with Gasteiger partial charge in [-0.15, -0.1) is 0 Å². The Kier molecular flexibility index (Phi) is 5.07. The van der Waals surface area contributed by atoms with Crippen molar-refractivity contribution in [2.75, 3.05) is 12.4 Å². The molecule has 3 aromatic rings. The molecule has 1 aromatic heterocycles. The zero-order valence-electron chi connectivity index (χ0n) is 13.6. The van der Waals surface area contributed by atoms with Crippen LogP contribution >= 0.6 is 0 Å². The topological polar surface area (TPSA) is 78.3 Å². The van der Waals surface area contributed by atoms with Gasteiger partial charge in [0.2, 0.25) is 0 Å². The van der Waals surface area contributed by atoms with Crippen LogP contribution in [0.15, 0.2) is 55.1 Å². The summed E-state index contributed by atoms with van der Waals surface area (Å²) in [5, 5.41) is 6.73. The summed E-state index contributed by atoms with van der Waals surface area (Å²) in [6.45, 7) is -2.98. The zero-order valence-corrected chi connectivity index (χ0v) is 13.6. The molecular formula is C17H14F2N4O3. The molecule has 2 aromatic carbocycles. The van der Waals surface area contributed by atoms with Crippen molar-refractivity contribution in [3.63, 3.8) is 0 Å². The fraction of sp³-hybridized carbons (Fsp3) is 0.118. The van der Waals surface area contributed by atoms with E-state index in [-0.39, 0.29) is 17.1 Å². The molecule has 0 aliphatic heterocycles. The van der Waals surface area contributed by atoms with Gasteiger partial charge >= 0.3 is 6.61 Å². The summed E-state index contributed by atoms with van der Waals surface area (Å²) in [7, 11) is 1.30. The first-order valence-corrected chi connectivity index (χ1v) is 7.46. The van der Waals surface area contributed by atoms with Crippen LogP contribution in [0, 0.1) is 0 Å². The van der Waals surface area contributed by atoms with Gasteiger partial charge in [0, 0.05) is 11.3 Å². The fourth-order valence-electron chi connectivity index (χ4n) is 2.24. The molecule has 0 unspecified atom stereocenters. The fourth-order valence-corrected chi connectivity index (χ4v) is 2.24. The van der Waals surface area contributed by atoms with Crippen molar-refractivity contribution in [1.82, 2.24) is 14.8 Å². The molecule has 0 saturated carbocycles. The van der Waals surface area contributed by atoms with Crippen LogP contribution in [0.25, 0.3) is 5.69 Å². The summed E-state index contributed by atoms with van der Waals surface area (Å²) in [5.41, 5.74) is 1.59. The molecule has 0 bridgehead atoms. The number of methoxy groups -OCH3 is 1. The van der Waals surface area contributed by atoms with Crippen molar-refractivity contribution >= 4 is 11.6 Å². The number of hydrogen-bond acceptors (Lipinski definition) is 5. The minimum Gasteiger partial charge on any atom is -0.493 e. The first-order valence-electron chi connectivity index (χ1n) is 7.46. The lowest BCUT2D eigenvalue weighted by Crippen LogP contribution is -2.12.